The third kappa shape index (κ3) is 4.35. The second-order valence-electron chi connectivity index (χ2n) is 6.04. The Kier molecular flexibility index (Phi) is 5.78. The second-order valence-corrected chi connectivity index (χ2v) is 6.04. The molecule has 0 radical (unpaired) electrons. The maximum Gasteiger partial charge on any atom is 0.224 e. The zero-order valence-electron chi connectivity index (χ0n) is 14.1. The highest BCUT2D eigenvalue weighted by molar-refractivity contribution is 5.90. The van der Waals surface area contributed by atoms with Crippen LogP contribution in [-0.4, -0.2) is 32.2 Å². The lowest BCUT2D eigenvalue weighted by Crippen LogP contribution is -2.36. The number of anilines is 2. The Morgan fingerprint density at radius 1 is 1.00 bits per heavy atom. The molecule has 1 heterocycles. The van der Waals surface area contributed by atoms with Crippen LogP contribution < -0.4 is 10.2 Å². The normalized spacial score (nSPS) is 14.3. The molecule has 1 amide bonds. The molecule has 0 saturated carbocycles. The number of morpholine rings is 1. The molecule has 0 spiro atoms. The van der Waals surface area contributed by atoms with Gasteiger partial charge < -0.3 is 15.0 Å². The molecule has 138 valence electrons. The summed E-state index contributed by atoms with van der Waals surface area (Å²) in [7, 11) is 0. The number of rotatable bonds is 5. The van der Waals surface area contributed by atoms with E-state index in [4.69, 9.17) is 4.74 Å². The fraction of sp³-hybridized carbons (Fsp3) is 0.316. The summed E-state index contributed by atoms with van der Waals surface area (Å²) in [4.78, 5) is 14.2. The van der Waals surface area contributed by atoms with Gasteiger partial charge in [0, 0.05) is 25.2 Å². The van der Waals surface area contributed by atoms with Crippen molar-refractivity contribution < 1.29 is 22.7 Å². The van der Waals surface area contributed by atoms with Crippen LogP contribution in [0.25, 0.3) is 0 Å². The van der Waals surface area contributed by atoms with Crippen molar-refractivity contribution in [2.24, 2.45) is 0 Å². The van der Waals surface area contributed by atoms with Crippen LogP contribution in [0, 0.1) is 17.5 Å². The SMILES string of the molecule is O=C(CCc1ccc(N2CCOCC2)cc1)Nc1ccc(F)c(F)c1F. The minimum atomic E-state index is -1.60. The van der Waals surface area contributed by atoms with Crippen molar-refractivity contribution in [2.45, 2.75) is 12.8 Å². The molecule has 0 atom stereocenters. The molecule has 1 aliphatic rings. The van der Waals surface area contributed by atoms with E-state index in [0.29, 0.717) is 19.6 Å². The number of nitrogens with one attached hydrogen (secondary N) is 1. The van der Waals surface area contributed by atoms with E-state index < -0.39 is 23.4 Å². The van der Waals surface area contributed by atoms with E-state index in [2.05, 4.69) is 10.2 Å². The third-order valence-corrected chi connectivity index (χ3v) is 4.26. The first-order valence-corrected chi connectivity index (χ1v) is 8.39. The van der Waals surface area contributed by atoms with Gasteiger partial charge >= 0.3 is 0 Å². The number of hydrogen-bond donors (Lipinski definition) is 1. The average molecular weight is 364 g/mol. The molecule has 0 aromatic heterocycles. The van der Waals surface area contributed by atoms with E-state index >= 15 is 0 Å². The maximum absolute atomic E-state index is 13.6. The van der Waals surface area contributed by atoms with Gasteiger partial charge in [0.05, 0.1) is 18.9 Å². The van der Waals surface area contributed by atoms with Crippen LogP contribution in [0.1, 0.15) is 12.0 Å². The predicted molar refractivity (Wildman–Crippen MR) is 92.7 cm³/mol. The number of nitrogens with zero attached hydrogens (tertiary/aromatic N) is 1. The largest absolute Gasteiger partial charge is 0.378 e. The fourth-order valence-corrected chi connectivity index (χ4v) is 2.79. The summed E-state index contributed by atoms with van der Waals surface area (Å²) in [6.45, 7) is 3.12. The number of halogens is 3. The number of hydrogen-bond acceptors (Lipinski definition) is 3. The lowest BCUT2D eigenvalue weighted by Gasteiger charge is -2.28. The first-order chi connectivity index (χ1) is 12.5. The molecule has 4 nitrogen and oxygen atoms in total. The van der Waals surface area contributed by atoms with Crippen molar-refractivity contribution in [3.8, 4) is 0 Å². The Bertz CT molecular complexity index is 775. The lowest BCUT2D eigenvalue weighted by atomic mass is 10.1. The molecule has 0 bridgehead atoms. The van der Waals surface area contributed by atoms with Crippen molar-refractivity contribution >= 4 is 17.3 Å². The molecule has 1 N–H and O–H groups in total. The molecule has 26 heavy (non-hydrogen) atoms. The summed E-state index contributed by atoms with van der Waals surface area (Å²) in [5.74, 6) is -4.75. The monoisotopic (exact) mass is 364 g/mol. The number of amides is 1. The van der Waals surface area contributed by atoms with Gasteiger partial charge in [-0.3, -0.25) is 4.79 Å². The Morgan fingerprint density at radius 3 is 2.38 bits per heavy atom. The van der Waals surface area contributed by atoms with Crippen LogP contribution in [0.15, 0.2) is 36.4 Å². The first-order valence-electron chi connectivity index (χ1n) is 8.39. The second kappa shape index (κ2) is 8.23. The van der Waals surface area contributed by atoms with E-state index in [-0.39, 0.29) is 12.1 Å². The zero-order valence-corrected chi connectivity index (χ0v) is 14.1. The number of carbonyl (C=O) groups is 1. The number of benzene rings is 2. The number of carbonyl (C=O) groups excluding carboxylic acids is 1. The topological polar surface area (TPSA) is 41.6 Å². The lowest BCUT2D eigenvalue weighted by molar-refractivity contribution is -0.116. The van der Waals surface area contributed by atoms with Crippen molar-refractivity contribution in [2.75, 3.05) is 36.5 Å². The van der Waals surface area contributed by atoms with Crippen LogP contribution >= 0.6 is 0 Å². The van der Waals surface area contributed by atoms with Crippen LogP contribution in [-0.2, 0) is 16.0 Å². The Hall–Kier alpha value is -2.54. The van der Waals surface area contributed by atoms with Crippen molar-refractivity contribution in [1.82, 2.24) is 0 Å². The fourth-order valence-electron chi connectivity index (χ4n) is 2.79. The highest BCUT2D eigenvalue weighted by Gasteiger charge is 2.15. The van der Waals surface area contributed by atoms with Gasteiger partial charge in [0.15, 0.2) is 17.5 Å². The molecular weight excluding hydrogens is 345 g/mol. The summed E-state index contributed by atoms with van der Waals surface area (Å²) in [5, 5.41) is 2.27. The molecule has 0 aliphatic carbocycles. The summed E-state index contributed by atoms with van der Waals surface area (Å²) in [6, 6.07) is 9.65. The third-order valence-electron chi connectivity index (χ3n) is 4.26. The standard InChI is InChI=1S/C19H19F3N2O2/c20-15-6-7-16(19(22)18(15)21)23-17(25)8-3-13-1-4-14(5-2-13)24-9-11-26-12-10-24/h1-2,4-7H,3,8-12H2,(H,23,25). The predicted octanol–water partition coefficient (Wildman–Crippen LogP) is 3.51. The van der Waals surface area contributed by atoms with Crippen molar-refractivity contribution in [3.05, 3.63) is 59.4 Å². The summed E-state index contributed by atoms with van der Waals surface area (Å²) in [6.07, 6.45) is 0.565. The molecule has 1 saturated heterocycles. The van der Waals surface area contributed by atoms with Gasteiger partial charge in [-0.15, -0.1) is 0 Å². The first kappa shape index (κ1) is 18.3. The van der Waals surface area contributed by atoms with E-state index in [9.17, 15) is 18.0 Å². The molecule has 2 aromatic rings. The van der Waals surface area contributed by atoms with Gasteiger partial charge in [-0.1, -0.05) is 12.1 Å². The van der Waals surface area contributed by atoms with Crippen LogP contribution in [0.5, 0.6) is 0 Å². The van der Waals surface area contributed by atoms with E-state index in [1.807, 2.05) is 24.3 Å². The van der Waals surface area contributed by atoms with E-state index in [1.54, 1.807) is 0 Å². The van der Waals surface area contributed by atoms with Gasteiger partial charge in [-0.2, -0.15) is 0 Å². The molecule has 7 heteroatoms. The van der Waals surface area contributed by atoms with Gasteiger partial charge in [0.2, 0.25) is 5.91 Å². The smallest absolute Gasteiger partial charge is 0.224 e. The molecule has 0 unspecified atom stereocenters. The Morgan fingerprint density at radius 2 is 1.69 bits per heavy atom. The summed E-state index contributed by atoms with van der Waals surface area (Å²) >= 11 is 0. The molecule has 1 aliphatic heterocycles. The summed E-state index contributed by atoms with van der Waals surface area (Å²) < 4.78 is 45.0. The average Bonchev–Trinajstić information content (AvgIpc) is 2.68. The molecule has 3 rings (SSSR count). The van der Waals surface area contributed by atoms with Crippen LogP contribution in [0.4, 0.5) is 24.5 Å². The van der Waals surface area contributed by atoms with Gasteiger partial charge in [0.25, 0.3) is 0 Å². The molecule has 1 fully saturated rings. The van der Waals surface area contributed by atoms with Crippen molar-refractivity contribution in [1.29, 1.82) is 0 Å². The van der Waals surface area contributed by atoms with Crippen LogP contribution in [0.3, 0.4) is 0 Å². The number of ether oxygens (including phenoxy) is 1. The highest BCUT2D eigenvalue weighted by Crippen LogP contribution is 2.20. The van der Waals surface area contributed by atoms with E-state index in [1.165, 1.54) is 0 Å². The quantitative estimate of drug-likeness (QED) is 0.826. The number of aryl methyl sites for hydroxylation is 1. The van der Waals surface area contributed by atoms with Gasteiger partial charge in [-0.25, -0.2) is 13.2 Å². The van der Waals surface area contributed by atoms with Gasteiger partial charge in [0.1, 0.15) is 0 Å². The van der Waals surface area contributed by atoms with Crippen LogP contribution in [0.2, 0.25) is 0 Å². The zero-order chi connectivity index (χ0) is 18.5. The molecule has 2 aromatic carbocycles. The summed E-state index contributed by atoms with van der Waals surface area (Å²) in [5.41, 5.74) is 1.70. The Labute approximate surface area is 149 Å². The van der Waals surface area contributed by atoms with Gasteiger partial charge in [-0.05, 0) is 36.2 Å². The van der Waals surface area contributed by atoms with E-state index in [0.717, 1.165) is 36.5 Å². The molecular formula is C19H19F3N2O2. The minimum absolute atomic E-state index is 0.106. The minimum Gasteiger partial charge on any atom is -0.378 e. The Balaban J connectivity index is 1.53. The highest BCUT2D eigenvalue weighted by atomic mass is 19.2. The maximum atomic E-state index is 13.6. The van der Waals surface area contributed by atoms with Crippen molar-refractivity contribution in [3.63, 3.8) is 0 Å².